The highest BCUT2D eigenvalue weighted by Crippen LogP contribution is 2.17. The van der Waals surface area contributed by atoms with E-state index in [2.05, 4.69) is 15.7 Å². The maximum Gasteiger partial charge on any atom is 0.326 e. The molecule has 0 aromatic carbocycles. The van der Waals surface area contributed by atoms with Gasteiger partial charge >= 0.3 is 5.97 Å². The fourth-order valence-electron chi connectivity index (χ4n) is 3.17. The van der Waals surface area contributed by atoms with E-state index in [9.17, 15) is 19.5 Å². The molecule has 1 aromatic heterocycles. The third kappa shape index (κ3) is 6.16. The molecule has 1 atom stereocenters. The molecule has 3 N–H and O–H groups in total. The van der Waals surface area contributed by atoms with E-state index in [0.29, 0.717) is 6.42 Å². The van der Waals surface area contributed by atoms with Crippen molar-refractivity contribution in [3.8, 4) is 0 Å². The fourth-order valence-corrected chi connectivity index (χ4v) is 3.17. The highest BCUT2D eigenvalue weighted by Gasteiger charge is 2.22. The fraction of sp³-hybridized carbons (Fsp3) is 0.667. The van der Waals surface area contributed by atoms with Crippen LogP contribution in [-0.2, 0) is 16.1 Å². The lowest BCUT2D eigenvalue weighted by atomic mass is 9.95. The number of aromatic nitrogens is 2. The van der Waals surface area contributed by atoms with E-state index < -0.39 is 17.9 Å². The van der Waals surface area contributed by atoms with Crippen LogP contribution in [0.1, 0.15) is 62.7 Å². The zero-order valence-electron chi connectivity index (χ0n) is 15.4. The van der Waals surface area contributed by atoms with E-state index in [-0.39, 0.29) is 30.0 Å². The van der Waals surface area contributed by atoms with Crippen LogP contribution in [-0.4, -0.2) is 44.8 Å². The second kappa shape index (κ2) is 9.35. The van der Waals surface area contributed by atoms with Crippen molar-refractivity contribution in [1.82, 2.24) is 20.4 Å². The number of carboxylic acids is 1. The summed E-state index contributed by atoms with van der Waals surface area (Å²) in [4.78, 5) is 35.6. The summed E-state index contributed by atoms with van der Waals surface area (Å²) in [5, 5.41) is 18.7. The smallest absolute Gasteiger partial charge is 0.326 e. The van der Waals surface area contributed by atoms with Crippen LogP contribution in [0, 0.1) is 5.92 Å². The third-order valence-corrected chi connectivity index (χ3v) is 4.48. The number of nitrogens with one attached hydrogen (secondary N) is 2. The van der Waals surface area contributed by atoms with Gasteiger partial charge in [0.15, 0.2) is 0 Å². The number of nitrogens with zero attached hydrogens (tertiary/aromatic N) is 2. The summed E-state index contributed by atoms with van der Waals surface area (Å²) in [6, 6.07) is -0.720. The van der Waals surface area contributed by atoms with Gasteiger partial charge in [-0.2, -0.15) is 5.10 Å². The van der Waals surface area contributed by atoms with Gasteiger partial charge in [-0.1, -0.05) is 33.1 Å². The number of rotatable bonds is 8. The molecule has 1 aromatic rings. The Kier molecular flexibility index (Phi) is 7.17. The van der Waals surface area contributed by atoms with Crippen LogP contribution in [0.2, 0.25) is 0 Å². The van der Waals surface area contributed by atoms with E-state index in [0.717, 1.165) is 25.7 Å². The predicted molar refractivity (Wildman–Crippen MR) is 95.6 cm³/mol. The molecule has 26 heavy (non-hydrogen) atoms. The molecule has 8 nitrogen and oxygen atoms in total. The van der Waals surface area contributed by atoms with Crippen molar-refractivity contribution >= 4 is 17.8 Å². The lowest BCUT2D eigenvalue weighted by molar-refractivity contribution is -0.139. The number of carbonyl (C=O) groups excluding carboxylic acids is 2. The largest absolute Gasteiger partial charge is 0.480 e. The van der Waals surface area contributed by atoms with Gasteiger partial charge < -0.3 is 15.7 Å². The molecular formula is C18H28N4O4. The van der Waals surface area contributed by atoms with Gasteiger partial charge in [0.2, 0.25) is 5.91 Å². The zero-order chi connectivity index (χ0) is 19.1. The Morgan fingerprint density at radius 3 is 2.58 bits per heavy atom. The summed E-state index contributed by atoms with van der Waals surface area (Å²) >= 11 is 0. The summed E-state index contributed by atoms with van der Waals surface area (Å²) < 4.78 is 1.39. The second-order valence-electron chi connectivity index (χ2n) is 7.32. The van der Waals surface area contributed by atoms with Crippen molar-refractivity contribution in [2.75, 3.05) is 0 Å². The summed E-state index contributed by atoms with van der Waals surface area (Å²) in [6.45, 7) is 3.83. The van der Waals surface area contributed by atoms with Crippen LogP contribution >= 0.6 is 0 Å². The SMILES string of the molecule is CC(C)C[C@H](NC(=O)c1cnn(CC(=O)NC2CCCCC2)c1)C(=O)O. The summed E-state index contributed by atoms with van der Waals surface area (Å²) in [7, 11) is 0. The van der Waals surface area contributed by atoms with Crippen LogP contribution in [0.3, 0.4) is 0 Å². The maximum atomic E-state index is 12.2. The Hall–Kier alpha value is -2.38. The first-order valence-electron chi connectivity index (χ1n) is 9.20. The average molecular weight is 364 g/mol. The molecule has 1 aliphatic rings. The highest BCUT2D eigenvalue weighted by molar-refractivity contribution is 5.96. The number of hydrogen-bond acceptors (Lipinski definition) is 4. The Morgan fingerprint density at radius 2 is 1.96 bits per heavy atom. The number of carboxylic acid groups (broad SMARTS) is 1. The van der Waals surface area contributed by atoms with E-state index in [4.69, 9.17) is 0 Å². The molecule has 8 heteroatoms. The Balaban J connectivity index is 1.88. The minimum absolute atomic E-state index is 0.0398. The van der Waals surface area contributed by atoms with Gasteiger partial charge in [0.05, 0.1) is 11.8 Å². The summed E-state index contributed by atoms with van der Waals surface area (Å²) in [6.07, 6.45) is 8.66. The molecule has 0 unspecified atom stereocenters. The molecule has 1 fully saturated rings. The van der Waals surface area contributed by atoms with Crippen LogP contribution in [0.4, 0.5) is 0 Å². The summed E-state index contributed by atoms with van der Waals surface area (Å²) in [5.74, 6) is -1.55. The first-order chi connectivity index (χ1) is 12.3. The van der Waals surface area contributed by atoms with Gasteiger partial charge in [0.25, 0.3) is 5.91 Å². The standard InChI is InChI=1S/C18H28N4O4/c1-12(2)8-15(18(25)26)21-17(24)13-9-19-22(10-13)11-16(23)20-14-6-4-3-5-7-14/h9-10,12,14-15H,3-8,11H2,1-2H3,(H,20,23)(H,21,24)(H,25,26)/t15-/m0/s1. The van der Waals surface area contributed by atoms with E-state index >= 15 is 0 Å². The molecule has 2 rings (SSSR count). The number of amides is 2. The van der Waals surface area contributed by atoms with Gasteiger partial charge in [0.1, 0.15) is 12.6 Å². The molecule has 1 heterocycles. The molecule has 0 bridgehead atoms. The minimum Gasteiger partial charge on any atom is -0.480 e. The van der Waals surface area contributed by atoms with Crippen LogP contribution in [0.15, 0.2) is 12.4 Å². The number of carbonyl (C=O) groups is 3. The number of aliphatic carboxylic acids is 1. The van der Waals surface area contributed by atoms with Crippen molar-refractivity contribution in [3.05, 3.63) is 18.0 Å². The molecule has 144 valence electrons. The van der Waals surface area contributed by atoms with Crippen LogP contribution in [0.5, 0.6) is 0 Å². The van der Waals surface area contributed by atoms with Crippen molar-refractivity contribution < 1.29 is 19.5 Å². The lowest BCUT2D eigenvalue weighted by Crippen LogP contribution is -2.41. The molecule has 1 saturated carbocycles. The van der Waals surface area contributed by atoms with Crippen molar-refractivity contribution in [3.63, 3.8) is 0 Å². The van der Waals surface area contributed by atoms with Gasteiger partial charge in [0, 0.05) is 12.2 Å². The molecule has 0 radical (unpaired) electrons. The van der Waals surface area contributed by atoms with E-state index in [1.54, 1.807) is 0 Å². The van der Waals surface area contributed by atoms with E-state index in [1.165, 1.54) is 23.5 Å². The Bertz CT molecular complexity index is 635. The van der Waals surface area contributed by atoms with Gasteiger partial charge in [-0.3, -0.25) is 14.3 Å². The highest BCUT2D eigenvalue weighted by atomic mass is 16.4. The van der Waals surface area contributed by atoms with Gasteiger partial charge in [-0.25, -0.2) is 4.79 Å². The number of hydrogen-bond donors (Lipinski definition) is 3. The lowest BCUT2D eigenvalue weighted by Gasteiger charge is -2.22. The Labute approximate surface area is 153 Å². The van der Waals surface area contributed by atoms with Crippen LogP contribution in [0.25, 0.3) is 0 Å². The molecule has 0 spiro atoms. The molecule has 0 aliphatic heterocycles. The monoisotopic (exact) mass is 364 g/mol. The minimum atomic E-state index is -1.06. The second-order valence-corrected chi connectivity index (χ2v) is 7.32. The average Bonchev–Trinajstić information content (AvgIpc) is 3.03. The Morgan fingerprint density at radius 1 is 1.27 bits per heavy atom. The molecule has 2 amide bonds. The first kappa shape index (κ1) is 19.9. The predicted octanol–water partition coefficient (Wildman–Crippen LogP) is 1.56. The van der Waals surface area contributed by atoms with E-state index in [1.807, 2.05) is 13.8 Å². The summed E-state index contributed by atoms with van der Waals surface area (Å²) in [5.41, 5.74) is 0.241. The third-order valence-electron chi connectivity index (χ3n) is 4.48. The zero-order valence-corrected chi connectivity index (χ0v) is 15.4. The maximum absolute atomic E-state index is 12.2. The van der Waals surface area contributed by atoms with Crippen molar-refractivity contribution in [2.24, 2.45) is 5.92 Å². The normalized spacial score (nSPS) is 16.3. The van der Waals surface area contributed by atoms with Crippen molar-refractivity contribution in [2.45, 2.75) is 71.0 Å². The molecule has 0 saturated heterocycles. The molecular weight excluding hydrogens is 336 g/mol. The molecule has 1 aliphatic carbocycles. The quantitative estimate of drug-likeness (QED) is 0.648. The van der Waals surface area contributed by atoms with Gasteiger partial charge in [-0.05, 0) is 25.2 Å². The van der Waals surface area contributed by atoms with Crippen LogP contribution < -0.4 is 10.6 Å². The topological polar surface area (TPSA) is 113 Å². The van der Waals surface area contributed by atoms with Crippen molar-refractivity contribution in [1.29, 1.82) is 0 Å². The van der Waals surface area contributed by atoms with Gasteiger partial charge in [-0.15, -0.1) is 0 Å². The first-order valence-corrected chi connectivity index (χ1v) is 9.20.